The second kappa shape index (κ2) is 5.68. The van der Waals surface area contributed by atoms with E-state index in [-0.39, 0.29) is 0 Å². The number of fused-ring (bicyclic) bond motifs is 5. The van der Waals surface area contributed by atoms with E-state index in [1.54, 1.807) is 28.8 Å². The van der Waals surface area contributed by atoms with Gasteiger partial charge in [0, 0.05) is 22.2 Å². The number of hydrogen-bond acceptors (Lipinski definition) is 1. The monoisotopic (exact) mass is 360 g/mol. The van der Waals surface area contributed by atoms with Gasteiger partial charge in [-0.25, -0.2) is 8.78 Å². The predicted octanol–water partition coefficient (Wildman–Crippen LogP) is 6.01. The molecule has 0 saturated carbocycles. The minimum Gasteiger partial charge on any atom is -0.353 e. The van der Waals surface area contributed by atoms with E-state index in [9.17, 15) is 8.78 Å². The lowest BCUT2D eigenvalue weighted by Crippen LogP contribution is -2.51. The van der Waals surface area contributed by atoms with Crippen LogP contribution in [0, 0.1) is 6.92 Å². The Balaban J connectivity index is 1.99. The largest absolute Gasteiger partial charge is 0.353 e. The van der Waals surface area contributed by atoms with Crippen molar-refractivity contribution < 1.29 is 8.78 Å². The van der Waals surface area contributed by atoms with E-state index in [1.165, 1.54) is 0 Å². The van der Waals surface area contributed by atoms with Crippen molar-refractivity contribution in [2.75, 3.05) is 5.32 Å². The van der Waals surface area contributed by atoms with Crippen molar-refractivity contribution in [2.24, 2.45) is 0 Å². The van der Waals surface area contributed by atoms with Gasteiger partial charge in [-0.1, -0.05) is 66.7 Å². The van der Waals surface area contributed by atoms with Crippen molar-refractivity contribution in [3.05, 3.63) is 90.0 Å². The zero-order chi connectivity index (χ0) is 18.6. The first kappa shape index (κ1) is 16.1. The molecule has 1 atom stereocenters. The van der Waals surface area contributed by atoms with E-state index in [1.807, 2.05) is 61.5 Å². The number of anilines is 1. The molecule has 0 spiro atoms. The third-order valence-corrected chi connectivity index (χ3v) is 5.52. The van der Waals surface area contributed by atoms with Crippen LogP contribution in [0.5, 0.6) is 0 Å². The average Bonchev–Trinajstić information content (AvgIpc) is 3.02. The SMILES string of the molecule is Cc1c2n(c3ccccc13)C(c1ccccc1)(C(F)F)Nc1ccccc1-2. The molecule has 1 aliphatic rings. The second-order valence-corrected chi connectivity index (χ2v) is 6.93. The maximum absolute atomic E-state index is 14.9. The summed E-state index contributed by atoms with van der Waals surface area (Å²) in [4.78, 5) is 0. The molecular weight excluding hydrogens is 342 g/mol. The van der Waals surface area contributed by atoms with Gasteiger partial charge in [-0.2, -0.15) is 0 Å². The van der Waals surface area contributed by atoms with Gasteiger partial charge in [0.15, 0.2) is 0 Å². The Morgan fingerprint density at radius 2 is 1.52 bits per heavy atom. The summed E-state index contributed by atoms with van der Waals surface area (Å²) in [5.74, 6) is 0. The summed E-state index contributed by atoms with van der Waals surface area (Å²) in [5.41, 5.74) is 3.19. The number of halogens is 2. The summed E-state index contributed by atoms with van der Waals surface area (Å²) in [6.07, 6.45) is -2.65. The Hall–Kier alpha value is -3.14. The molecule has 1 N–H and O–H groups in total. The van der Waals surface area contributed by atoms with E-state index in [0.717, 1.165) is 33.4 Å². The topological polar surface area (TPSA) is 17.0 Å². The summed E-state index contributed by atoms with van der Waals surface area (Å²) in [6, 6.07) is 24.4. The van der Waals surface area contributed by atoms with Gasteiger partial charge in [-0.3, -0.25) is 0 Å². The maximum Gasteiger partial charge on any atom is 0.284 e. The fraction of sp³-hybridized carbons (Fsp3) is 0.130. The van der Waals surface area contributed by atoms with Crippen molar-refractivity contribution in [3.8, 4) is 11.3 Å². The van der Waals surface area contributed by atoms with Gasteiger partial charge in [0.2, 0.25) is 5.66 Å². The molecule has 0 amide bonds. The molecule has 1 unspecified atom stereocenters. The van der Waals surface area contributed by atoms with Crippen LogP contribution < -0.4 is 5.32 Å². The van der Waals surface area contributed by atoms with Gasteiger partial charge >= 0.3 is 0 Å². The molecule has 0 saturated heterocycles. The number of aromatic nitrogens is 1. The fourth-order valence-corrected chi connectivity index (χ4v) is 4.32. The second-order valence-electron chi connectivity index (χ2n) is 6.93. The van der Waals surface area contributed by atoms with Gasteiger partial charge in [-0.05, 0) is 24.6 Å². The quantitative estimate of drug-likeness (QED) is 0.463. The minimum atomic E-state index is -2.65. The van der Waals surface area contributed by atoms with Crippen LogP contribution in [0.3, 0.4) is 0 Å². The van der Waals surface area contributed by atoms with E-state index in [4.69, 9.17) is 0 Å². The Labute approximate surface area is 156 Å². The standard InChI is InChI=1S/C23H18F2N2/c1-15-17-11-6-8-14-20(17)27-21(15)18-12-5-7-13-19(18)26-23(27,22(24)25)16-9-3-2-4-10-16/h2-14,22,26H,1H3. The number of para-hydroxylation sites is 2. The van der Waals surface area contributed by atoms with Crippen molar-refractivity contribution in [1.82, 2.24) is 4.57 Å². The van der Waals surface area contributed by atoms with Gasteiger partial charge in [-0.15, -0.1) is 0 Å². The Kier molecular flexibility index (Phi) is 3.38. The third kappa shape index (κ3) is 2.04. The van der Waals surface area contributed by atoms with Crippen LogP contribution in [-0.4, -0.2) is 11.0 Å². The molecule has 4 aromatic rings. The molecule has 2 heterocycles. The highest BCUT2D eigenvalue weighted by atomic mass is 19.3. The molecule has 1 aromatic heterocycles. The molecule has 134 valence electrons. The van der Waals surface area contributed by atoms with Crippen LogP contribution in [-0.2, 0) is 5.66 Å². The van der Waals surface area contributed by atoms with Gasteiger partial charge in [0.05, 0.1) is 11.2 Å². The van der Waals surface area contributed by atoms with Gasteiger partial charge < -0.3 is 9.88 Å². The van der Waals surface area contributed by atoms with Crippen molar-refractivity contribution in [1.29, 1.82) is 0 Å². The van der Waals surface area contributed by atoms with Gasteiger partial charge in [0.25, 0.3) is 6.43 Å². The number of nitrogens with one attached hydrogen (secondary N) is 1. The van der Waals surface area contributed by atoms with E-state index >= 15 is 0 Å². The Morgan fingerprint density at radius 1 is 0.852 bits per heavy atom. The molecule has 5 rings (SSSR count). The number of hydrogen-bond donors (Lipinski definition) is 1. The van der Waals surface area contributed by atoms with Crippen LogP contribution in [0.2, 0.25) is 0 Å². The first-order chi connectivity index (χ1) is 13.1. The highest BCUT2D eigenvalue weighted by molar-refractivity contribution is 5.96. The lowest BCUT2D eigenvalue weighted by Gasteiger charge is -2.42. The zero-order valence-corrected chi connectivity index (χ0v) is 14.8. The van der Waals surface area contributed by atoms with E-state index in [0.29, 0.717) is 5.56 Å². The molecular formula is C23H18F2N2. The smallest absolute Gasteiger partial charge is 0.284 e. The summed E-state index contributed by atoms with van der Waals surface area (Å²) in [7, 11) is 0. The number of nitrogens with zero attached hydrogens (tertiary/aromatic N) is 1. The minimum absolute atomic E-state index is 0.538. The molecule has 0 radical (unpaired) electrons. The molecule has 4 heteroatoms. The van der Waals surface area contributed by atoms with Crippen molar-refractivity contribution >= 4 is 16.6 Å². The van der Waals surface area contributed by atoms with Crippen LogP contribution in [0.25, 0.3) is 22.2 Å². The summed E-state index contributed by atoms with van der Waals surface area (Å²) in [6.45, 7) is 2.01. The molecule has 27 heavy (non-hydrogen) atoms. The van der Waals surface area contributed by atoms with Gasteiger partial charge in [0.1, 0.15) is 0 Å². The number of benzene rings is 3. The van der Waals surface area contributed by atoms with E-state index < -0.39 is 12.1 Å². The summed E-state index contributed by atoms with van der Waals surface area (Å²) >= 11 is 0. The van der Waals surface area contributed by atoms with E-state index in [2.05, 4.69) is 5.32 Å². The Bertz CT molecular complexity index is 1150. The number of rotatable bonds is 2. The summed E-state index contributed by atoms with van der Waals surface area (Å²) in [5, 5.41) is 4.19. The van der Waals surface area contributed by atoms with Crippen LogP contribution in [0.4, 0.5) is 14.5 Å². The normalized spacial score (nSPS) is 18.2. The summed E-state index contributed by atoms with van der Waals surface area (Å²) < 4.78 is 31.6. The van der Waals surface area contributed by atoms with Crippen LogP contribution in [0.15, 0.2) is 78.9 Å². The third-order valence-electron chi connectivity index (χ3n) is 5.52. The Morgan fingerprint density at radius 3 is 2.30 bits per heavy atom. The first-order valence-corrected chi connectivity index (χ1v) is 8.96. The highest BCUT2D eigenvalue weighted by Gasteiger charge is 2.49. The van der Waals surface area contributed by atoms with Crippen LogP contribution >= 0.6 is 0 Å². The molecule has 1 aliphatic heterocycles. The number of alkyl halides is 2. The maximum atomic E-state index is 14.9. The zero-order valence-electron chi connectivity index (χ0n) is 14.8. The molecule has 0 aliphatic carbocycles. The van der Waals surface area contributed by atoms with Crippen molar-refractivity contribution in [3.63, 3.8) is 0 Å². The predicted molar refractivity (Wildman–Crippen MR) is 105 cm³/mol. The lowest BCUT2D eigenvalue weighted by atomic mass is 9.93. The molecule has 0 fully saturated rings. The fourth-order valence-electron chi connectivity index (χ4n) is 4.32. The van der Waals surface area contributed by atoms with Crippen molar-refractivity contribution in [2.45, 2.75) is 19.0 Å². The molecule has 2 nitrogen and oxygen atoms in total. The average molecular weight is 360 g/mol. The number of aryl methyl sites for hydroxylation is 1. The molecule has 0 bridgehead atoms. The lowest BCUT2D eigenvalue weighted by molar-refractivity contribution is 0.0495. The van der Waals surface area contributed by atoms with Crippen LogP contribution in [0.1, 0.15) is 11.1 Å². The first-order valence-electron chi connectivity index (χ1n) is 8.96. The highest BCUT2D eigenvalue weighted by Crippen LogP contribution is 2.49. The molecule has 3 aromatic carbocycles.